The van der Waals surface area contributed by atoms with Crippen LogP contribution in [-0.2, 0) is 11.8 Å². The fourth-order valence-corrected chi connectivity index (χ4v) is 2.21. The number of carbonyl (C=O) groups excluding carboxylic acids is 1. The van der Waals surface area contributed by atoms with Gasteiger partial charge in [0.2, 0.25) is 0 Å². The van der Waals surface area contributed by atoms with Crippen LogP contribution in [0.1, 0.15) is 10.4 Å². The smallest absolute Gasteiger partial charge is 0.253 e. The van der Waals surface area contributed by atoms with Gasteiger partial charge >= 0.3 is 0 Å². The average Bonchev–Trinajstić information content (AvgIpc) is 2.32. The lowest BCUT2D eigenvalue weighted by atomic mass is 10.2. The normalized spacial score (nSPS) is 12.2. The minimum absolute atomic E-state index is 0.0722. The molecule has 6 heteroatoms. The van der Waals surface area contributed by atoms with Crippen molar-refractivity contribution in [2.45, 2.75) is 4.83 Å². The maximum absolute atomic E-state index is 12.1. The maximum Gasteiger partial charge on any atom is 0.253 e. The molecule has 0 N–H and O–H groups in total. The molecule has 0 saturated carbocycles. The van der Waals surface area contributed by atoms with Gasteiger partial charge in [-0.05, 0) is 6.07 Å². The van der Waals surface area contributed by atoms with Crippen molar-refractivity contribution in [2.24, 2.45) is 7.05 Å². The second-order valence-electron chi connectivity index (χ2n) is 4.10. The number of hydrogen-bond acceptors (Lipinski definition) is 3. The minimum atomic E-state index is -0.193. The van der Waals surface area contributed by atoms with Gasteiger partial charge in [0.15, 0.2) is 0 Å². The quantitative estimate of drug-likeness (QED) is 0.757. The van der Waals surface area contributed by atoms with Crippen molar-refractivity contribution in [3.8, 4) is 0 Å². The van der Waals surface area contributed by atoms with Gasteiger partial charge in [-0.3, -0.25) is 9.59 Å². The summed E-state index contributed by atoms with van der Waals surface area (Å²) in [5.74, 6) is -0.173. The summed E-state index contributed by atoms with van der Waals surface area (Å²) in [5.41, 5.74) is 0.208. The molecule has 0 radical (unpaired) electrons. The molecule has 1 unspecified atom stereocenters. The van der Waals surface area contributed by atoms with Crippen molar-refractivity contribution < 1.29 is 9.53 Å². The lowest BCUT2D eigenvalue weighted by Crippen LogP contribution is -2.34. The topological polar surface area (TPSA) is 51.5 Å². The SMILES string of the molecule is COCC(Br)CN(C)C(=O)c1ccn(C)c(=O)c1. The van der Waals surface area contributed by atoms with E-state index >= 15 is 0 Å². The van der Waals surface area contributed by atoms with Crippen LogP contribution < -0.4 is 5.56 Å². The molecule has 100 valence electrons. The molecule has 0 aliphatic carbocycles. The number of hydrogen-bond donors (Lipinski definition) is 0. The van der Waals surface area contributed by atoms with Gasteiger partial charge in [0.25, 0.3) is 11.5 Å². The standard InChI is InChI=1S/C12H17BrN2O3/c1-14-5-4-9(6-11(14)16)12(17)15(2)7-10(13)8-18-3/h4-6,10H,7-8H2,1-3H3. The largest absolute Gasteiger partial charge is 0.383 e. The van der Waals surface area contributed by atoms with Gasteiger partial charge in [0, 0.05) is 45.6 Å². The van der Waals surface area contributed by atoms with Crippen LogP contribution >= 0.6 is 15.9 Å². The number of aromatic nitrogens is 1. The Labute approximate surface area is 114 Å². The second-order valence-corrected chi connectivity index (χ2v) is 5.40. The van der Waals surface area contributed by atoms with E-state index in [9.17, 15) is 9.59 Å². The average molecular weight is 317 g/mol. The highest BCUT2D eigenvalue weighted by molar-refractivity contribution is 9.09. The third-order valence-electron chi connectivity index (χ3n) is 2.52. The summed E-state index contributed by atoms with van der Waals surface area (Å²) in [7, 11) is 4.95. The van der Waals surface area contributed by atoms with E-state index in [1.807, 2.05) is 0 Å². The third-order valence-corrected chi connectivity index (χ3v) is 3.07. The van der Waals surface area contributed by atoms with Gasteiger partial charge < -0.3 is 14.2 Å². The van der Waals surface area contributed by atoms with Gasteiger partial charge in [0.05, 0.1) is 11.4 Å². The zero-order chi connectivity index (χ0) is 13.7. The predicted octanol–water partition coefficient (Wildman–Crippen LogP) is 0.867. The van der Waals surface area contributed by atoms with Crippen LogP contribution in [-0.4, -0.2) is 47.5 Å². The molecule has 1 aromatic rings. The van der Waals surface area contributed by atoms with Crippen LogP contribution in [0, 0.1) is 0 Å². The van der Waals surface area contributed by atoms with E-state index in [2.05, 4.69) is 15.9 Å². The summed E-state index contributed by atoms with van der Waals surface area (Å²) in [6.45, 7) is 1.04. The Morgan fingerprint density at radius 1 is 1.61 bits per heavy atom. The summed E-state index contributed by atoms with van der Waals surface area (Å²) in [6.07, 6.45) is 1.59. The molecule has 0 aliphatic rings. The lowest BCUT2D eigenvalue weighted by Gasteiger charge is -2.20. The van der Waals surface area contributed by atoms with E-state index < -0.39 is 0 Å². The number of ether oxygens (including phenoxy) is 1. The number of aryl methyl sites for hydroxylation is 1. The molecule has 1 amide bonds. The number of carbonyl (C=O) groups is 1. The molecule has 1 atom stereocenters. The minimum Gasteiger partial charge on any atom is -0.383 e. The van der Waals surface area contributed by atoms with E-state index in [1.54, 1.807) is 38.4 Å². The molecule has 0 saturated heterocycles. The first kappa shape index (κ1) is 14.9. The molecule has 0 spiro atoms. The predicted molar refractivity (Wildman–Crippen MR) is 73.2 cm³/mol. The molecular formula is C12H17BrN2O3. The van der Waals surface area contributed by atoms with Gasteiger partial charge in [-0.2, -0.15) is 0 Å². The lowest BCUT2D eigenvalue weighted by molar-refractivity contribution is 0.0784. The van der Waals surface area contributed by atoms with Crippen molar-refractivity contribution in [2.75, 3.05) is 27.3 Å². The number of amides is 1. The van der Waals surface area contributed by atoms with Crippen LogP contribution in [0.4, 0.5) is 0 Å². The van der Waals surface area contributed by atoms with Gasteiger partial charge in [-0.15, -0.1) is 0 Å². The number of nitrogens with zero attached hydrogens (tertiary/aromatic N) is 2. The number of pyridine rings is 1. The Hall–Kier alpha value is -1.14. The van der Waals surface area contributed by atoms with Crippen molar-refractivity contribution >= 4 is 21.8 Å². The highest BCUT2D eigenvalue weighted by atomic mass is 79.9. The molecule has 0 bridgehead atoms. The zero-order valence-electron chi connectivity index (χ0n) is 10.7. The fourth-order valence-electron chi connectivity index (χ4n) is 1.52. The first-order chi connectivity index (χ1) is 8.45. The number of alkyl halides is 1. The Bertz CT molecular complexity index is 473. The number of halogens is 1. The van der Waals surface area contributed by atoms with Crippen LogP contribution in [0.25, 0.3) is 0 Å². The highest BCUT2D eigenvalue weighted by Crippen LogP contribution is 2.06. The van der Waals surface area contributed by atoms with Crippen molar-refractivity contribution in [1.82, 2.24) is 9.47 Å². The second kappa shape index (κ2) is 6.70. The first-order valence-corrected chi connectivity index (χ1v) is 6.42. The molecule has 1 rings (SSSR count). The van der Waals surface area contributed by atoms with Gasteiger partial charge in [-0.1, -0.05) is 15.9 Å². The van der Waals surface area contributed by atoms with Crippen molar-refractivity contribution in [1.29, 1.82) is 0 Å². The van der Waals surface area contributed by atoms with E-state index in [0.717, 1.165) is 0 Å². The molecule has 0 aliphatic heterocycles. The van der Waals surface area contributed by atoms with E-state index in [4.69, 9.17) is 4.74 Å². The summed E-state index contributed by atoms with van der Waals surface area (Å²) < 4.78 is 6.41. The molecule has 0 fully saturated rings. The zero-order valence-corrected chi connectivity index (χ0v) is 12.3. The molecule has 18 heavy (non-hydrogen) atoms. The van der Waals surface area contributed by atoms with E-state index in [0.29, 0.717) is 18.7 Å². The molecule has 5 nitrogen and oxygen atoms in total. The van der Waals surface area contributed by atoms with Crippen LogP contribution in [0.3, 0.4) is 0 Å². The maximum atomic E-state index is 12.1. The summed E-state index contributed by atoms with van der Waals surface area (Å²) >= 11 is 3.42. The highest BCUT2D eigenvalue weighted by Gasteiger charge is 2.15. The van der Waals surface area contributed by atoms with E-state index in [1.165, 1.54) is 10.6 Å². The van der Waals surface area contributed by atoms with Gasteiger partial charge in [0.1, 0.15) is 0 Å². The summed E-state index contributed by atoms with van der Waals surface area (Å²) in [4.78, 5) is 25.2. The first-order valence-electron chi connectivity index (χ1n) is 5.51. The van der Waals surface area contributed by atoms with Crippen LogP contribution in [0.5, 0.6) is 0 Å². The Morgan fingerprint density at radius 2 is 2.28 bits per heavy atom. The van der Waals surface area contributed by atoms with Crippen molar-refractivity contribution in [3.05, 3.63) is 34.2 Å². The van der Waals surface area contributed by atoms with Crippen LogP contribution in [0.2, 0.25) is 0 Å². The third kappa shape index (κ3) is 3.96. The Balaban J connectivity index is 2.74. The summed E-state index contributed by atoms with van der Waals surface area (Å²) in [6, 6.07) is 2.98. The van der Waals surface area contributed by atoms with Crippen molar-refractivity contribution in [3.63, 3.8) is 0 Å². The molecule has 1 heterocycles. The Kier molecular flexibility index (Phi) is 5.55. The van der Waals surface area contributed by atoms with Crippen LogP contribution in [0.15, 0.2) is 23.1 Å². The molecule has 1 aromatic heterocycles. The molecular weight excluding hydrogens is 300 g/mol. The monoisotopic (exact) mass is 316 g/mol. The number of rotatable bonds is 5. The summed E-state index contributed by atoms with van der Waals surface area (Å²) in [5, 5.41) is 0. The number of methoxy groups -OCH3 is 1. The van der Waals surface area contributed by atoms with E-state index in [-0.39, 0.29) is 16.3 Å². The Morgan fingerprint density at radius 3 is 2.83 bits per heavy atom. The fraction of sp³-hybridized carbons (Fsp3) is 0.500. The molecule has 0 aromatic carbocycles. The van der Waals surface area contributed by atoms with Gasteiger partial charge in [-0.25, -0.2) is 0 Å².